The molecule has 0 saturated carbocycles. The van der Waals surface area contributed by atoms with Crippen molar-refractivity contribution in [3.05, 3.63) is 33.5 Å². The number of nitrogens with zero attached hydrogens (tertiary/aromatic N) is 3. The Morgan fingerprint density at radius 2 is 2.14 bits per heavy atom. The maximum absolute atomic E-state index is 12.2. The van der Waals surface area contributed by atoms with Crippen LogP contribution in [0.5, 0.6) is 0 Å². The van der Waals surface area contributed by atoms with E-state index in [0.29, 0.717) is 13.0 Å². The van der Waals surface area contributed by atoms with Crippen molar-refractivity contribution >= 4 is 17.2 Å². The number of aryl methyl sites for hydroxylation is 1. The van der Waals surface area contributed by atoms with Gasteiger partial charge in [0, 0.05) is 17.8 Å². The van der Waals surface area contributed by atoms with Crippen LogP contribution in [0, 0.1) is 6.92 Å². The normalized spacial score (nSPS) is 11.7. The smallest absolute Gasteiger partial charge is 0.228 e. The number of H-pyrrole nitrogens is 1. The molecule has 0 fully saturated rings. The van der Waals surface area contributed by atoms with Crippen LogP contribution in [0.15, 0.2) is 11.4 Å². The topological polar surface area (TPSA) is 61.9 Å². The van der Waals surface area contributed by atoms with Crippen molar-refractivity contribution in [3.8, 4) is 0 Å². The van der Waals surface area contributed by atoms with E-state index in [2.05, 4.69) is 36.0 Å². The molecule has 0 aromatic carbocycles. The van der Waals surface area contributed by atoms with E-state index in [1.807, 2.05) is 18.4 Å². The first-order valence-corrected chi connectivity index (χ1v) is 7.83. The molecule has 0 aliphatic carbocycles. The van der Waals surface area contributed by atoms with E-state index in [-0.39, 0.29) is 11.3 Å². The second-order valence-electron chi connectivity index (χ2n) is 6.31. The van der Waals surface area contributed by atoms with Crippen LogP contribution in [0.3, 0.4) is 0 Å². The number of aromatic amines is 1. The second kappa shape index (κ2) is 5.97. The third-order valence-electron chi connectivity index (χ3n) is 3.23. The fourth-order valence-corrected chi connectivity index (χ4v) is 2.56. The monoisotopic (exact) mass is 306 g/mol. The molecule has 21 heavy (non-hydrogen) atoms. The lowest BCUT2D eigenvalue weighted by Crippen LogP contribution is -2.28. The Labute approximate surface area is 129 Å². The minimum absolute atomic E-state index is 0.00938. The SMILES string of the molecule is Cc1nc(CC(=O)N(C)Cc2cc(C(C)(C)C)n[nH]2)cs1. The minimum Gasteiger partial charge on any atom is -0.340 e. The first kappa shape index (κ1) is 15.7. The summed E-state index contributed by atoms with van der Waals surface area (Å²) in [5.74, 6) is 0.0622. The summed E-state index contributed by atoms with van der Waals surface area (Å²) in [6, 6.07) is 2.02. The summed E-state index contributed by atoms with van der Waals surface area (Å²) < 4.78 is 0. The highest BCUT2D eigenvalue weighted by molar-refractivity contribution is 7.09. The van der Waals surface area contributed by atoms with Crippen LogP contribution in [-0.2, 0) is 23.2 Å². The van der Waals surface area contributed by atoms with Crippen molar-refractivity contribution in [1.82, 2.24) is 20.1 Å². The summed E-state index contributed by atoms with van der Waals surface area (Å²) in [4.78, 5) is 18.2. The Morgan fingerprint density at radius 1 is 1.43 bits per heavy atom. The van der Waals surface area contributed by atoms with Crippen molar-refractivity contribution in [1.29, 1.82) is 0 Å². The standard InChI is InChI=1S/C15H22N4OS/c1-10-16-12(9-21-10)7-14(20)19(5)8-11-6-13(18-17-11)15(2,3)4/h6,9H,7-8H2,1-5H3,(H,17,18). The molecule has 0 aliphatic heterocycles. The zero-order valence-corrected chi connectivity index (χ0v) is 14.0. The maximum Gasteiger partial charge on any atom is 0.228 e. The molecule has 5 nitrogen and oxygen atoms in total. The van der Waals surface area contributed by atoms with Gasteiger partial charge in [-0.2, -0.15) is 5.10 Å². The van der Waals surface area contributed by atoms with E-state index in [1.54, 1.807) is 23.3 Å². The van der Waals surface area contributed by atoms with Crippen LogP contribution in [-0.4, -0.2) is 33.0 Å². The maximum atomic E-state index is 12.2. The molecule has 2 aromatic heterocycles. The minimum atomic E-state index is 0.00938. The number of carbonyl (C=O) groups excluding carboxylic acids is 1. The first-order chi connectivity index (χ1) is 9.75. The van der Waals surface area contributed by atoms with Gasteiger partial charge < -0.3 is 4.90 Å². The third-order valence-corrected chi connectivity index (χ3v) is 4.05. The number of likely N-dealkylation sites (N-methyl/N-ethyl adjacent to an activating group) is 1. The summed E-state index contributed by atoms with van der Waals surface area (Å²) in [5.41, 5.74) is 2.81. The van der Waals surface area contributed by atoms with E-state index >= 15 is 0 Å². The van der Waals surface area contributed by atoms with Crippen LogP contribution < -0.4 is 0 Å². The van der Waals surface area contributed by atoms with Gasteiger partial charge in [-0.25, -0.2) is 4.98 Å². The largest absolute Gasteiger partial charge is 0.340 e. The fraction of sp³-hybridized carbons (Fsp3) is 0.533. The van der Waals surface area contributed by atoms with Gasteiger partial charge in [-0.1, -0.05) is 20.8 Å². The highest BCUT2D eigenvalue weighted by Gasteiger charge is 2.19. The molecular formula is C15H22N4OS. The fourth-order valence-electron chi connectivity index (χ4n) is 1.95. The van der Waals surface area contributed by atoms with Gasteiger partial charge in [0.05, 0.1) is 35.1 Å². The number of amides is 1. The molecule has 2 aromatic rings. The average molecular weight is 306 g/mol. The van der Waals surface area contributed by atoms with Gasteiger partial charge >= 0.3 is 0 Å². The Morgan fingerprint density at radius 3 is 2.67 bits per heavy atom. The molecule has 0 unspecified atom stereocenters. The molecule has 2 heterocycles. The first-order valence-electron chi connectivity index (χ1n) is 6.95. The van der Waals surface area contributed by atoms with Crippen LogP contribution in [0.25, 0.3) is 0 Å². The Kier molecular flexibility index (Phi) is 4.46. The molecule has 0 spiro atoms. The zero-order valence-electron chi connectivity index (χ0n) is 13.2. The summed E-state index contributed by atoms with van der Waals surface area (Å²) in [7, 11) is 1.80. The van der Waals surface area contributed by atoms with Gasteiger partial charge in [0.25, 0.3) is 0 Å². The van der Waals surface area contributed by atoms with Crippen molar-refractivity contribution in [2.45, 2.75) is 46.1 Å². The van der Waals surface area contributed by atoms with Gasteiger partial charge in [0.2, 0.25) is 5.91 Å². The van der Waals surface area contributed by atoms with Crippen LogP contribution in [0.1, 0.15) is 42.9 Å². The Balaban J connectivity index is 1.96. The van der Waals surface area contributed by atoms with Gasteiger partial charge in [0.1, 0.15) is 0 Å². The Hall–Kier alpha value is -1.69. The van der Waals surface area contributed by atoms with Gasteiger partial charge in [-0.05, 0) is 13.0 Å². The van der Waals surface area contributed by atoms with E-state index in [1.165, 1.54) is 0 Å². The third kappa shape index (κ3) is 4.14. The molecule has 1 amide bonds. The summed E-state index contributed by atoms with van der Waals surface area (Å²) in [5, 5.41) is 10.3. The summed E-state index contributed by atoms with van der Waals surface area (Å²) >= 11 is 1.57. The number of thiazole rings is 1. The highest BCUT2D eigenvalue weighted by Crippen LogP contribution is 2.20. The van der Waals surface area contributed by atoms with E-state index < -0.39 is 0 Å². The number of aromatic nitrogens is 3. The quantitative estimate of drug-likeness (QED) is 0.944. The van der Waals surface area contributed by atoms with Crippen LogP contribution in [0.4, 0.5) is 0 Å². The van der Waals surface area contributed by atoms with Crippen molar-refractivity contribution < 1.29 is 4.79 Å². The van der Waals surface area contributed by atoms with Gasteiger partial charge in [0.15, 0.2) is 0 Å². The van der Waals surface area contributed by atoms with Crippen molar-refractivity contribution in [3.63, 3.8) is 0 Å². The van der Waals surface area contributed by atoms with Gasteiger partial charge in [-0.15, -0.1) is 11.3 Å². The summed E-state index contributed by atoms with van der Waals surface area (Å²) in [6.45, 7) is 8.83. The zero-order chi connectivity index (χ0) is 15.6. The molecule has 1 N–H and O–H groups in total. The second-order valence-corrected chi connectivity index (χ2v) is 7.38. The molecule has 0 atom stereocenters. The number of nitrogens with one attached hydrogen (secondary N) is 1. The predicted molar refractivity (Wildman–Crippen MR) is 84.3 cm³/mol. The highest BCUT2D eigenvalue weighted by atomic mass is 32.1. The number of hydrogen-bond acceptors (Lipinski definition) is 4. The molecule has 2 rings (SSSR count). The molecule has 0 saturated heterocycles. The lowest BCUT2D eigenvalue weighted by Gasteiger charge is -2.16. The molecule has 6 heteroatoms. The van der Waals surface area contributed by atoms with Crippen LogP contribution in [0.2, 0.25) is 0 Å². The number of rotatable bonds is 4. The van der Waals surface area contributed by atoms with Crippen molar-refractivity contribution in [2.75, 3.05) is 7.05 Å². The number of carbonyl (C=O) groups is 1. The molecule has 0 radical (unpaired) electrons. The van der Waals surface area contributed by atoms with Crippen LogP contribution >= 0.6 is 11.3 Å². The van der Waals surface area contributed by atoms with Gasteiger partial charge in [-0.3, -0.25) is 9.89 Å². The molecule has 0 bridgehead atoms. The molecule has 0 aliphatic rings. The lowest BCUT2D eigenvalue weighted by molar-refractivity contribution is -0.129. The summed E-state index contributed by atoms with van der Waals surface area (Å²) in [6.07, 6.45) is 0.348. The average Bonchev–Trinajstić information content (AvgIpc) is 2.98. The van der Waals surface area contributed by atoms with Crippen molar-refractivity contribution in [2.24, 2.45) is 0 Å². The Bertz CT molecular complexity index is 624. The predicted octanol–water partition coefficient (Wildman–Crippen LogP) is 2.67. The molecule has 114 valence electrons. The van der Waals surface area contributed by atoms with E-state index in [9.17, 15) is 4.79 Å². The molecular weight excluding hydrogens is 284 g/mol. The van der Waals surface area contributed by atoms with E-state index in [4.69, 9.17) is 0 Å². The number of hydrogen-bond donors (Lipinski definition) is 1. The lowest BCUT2D eigenvalue weighted by atomic mass is 9.92. The van der Waals surface area contributed by atoms with E-state index in [0.717, 1.165) is 22.1 Å².